The molecule has 1 rings (SSSR count). The Morgan fingerprint density at radius 1 is 1.33 bits per heavy atom. The van der Waals surface area contributed by atoms with Crippen molar-refractivity contribution in [1.82, 2.24) is 5.32 Å². The molecular weight excluding hydrogens is 186 g/mol. The van der Waals surface area contributed by atoms with Gasteiger partial charge in [-0.2, -0.15) is 0 Å². The van der Waals surface area contributed by atoms with Gasteiger partial charge in [0.15, 0.2) is 0 Å². The zero-order valence-corrected chi connectivity index (χ0v) is 9.25. The van der Waals surface area contributed by atoms with E-state index in [2.05, 4.69) is 17.2 Å². The Bertz CT molecular complexity index is 346. The summed E-state index contributed by atoms with van der Waals surface area (Å²) in [6.45, 7) is 4.72. The second-order valence-electron chi connectivity index (χ2n) is 3.67. The number of benzene rings is 1. The standard InChI is InChI=1S/C13H17NO/c1-3-4-10-14-11-13(2,15)12-8-6-5-7-9-12/h5-9,14-15H,10-11H2,1-2H3. The minimum atomic E-state index is -0.837. The van der Waals surface area contributed by atoms with Crippen molar-refractivity contribution in [2.45, 2.75) is 19.4 Å². The lowest BCUT2D eigenvalue weighted by atomic mass is 9.96. The molecule has 1 atom stereocenters. The molecule has 0 saturated carbocycles. The summed E-state index contributed by atoms with van der Waals surface area (Å²) >= 11 is 0. The SMILES string of the molecule is CC#CCNCC(C)(O)c1ccccc1. The summed E-state index contributed by atoms with van der Waals surface area (Å²) in [7, 11) is 0. The van der Waals surface area contributed by atoms with Gasteiger partial charge in [-0.05, 0) is 19.4 Å². The molecule has 1 aromatic carbocycles. The molecule has 2 N–H and O–H groups in total. The van der Waals surface area contributed by atoms with Crippen LogP contribution in [0.5, 0.6) is 0 Å². The maximum absolute atomic E-state index is 10.2. The van der Waals surface area contributed by atoms with Crippen LogP contribution in [0.4, 0.5) is 0 Å². The topological polar surface area (TPSA) is 32.3 Å². The van der Waals surface area contributed by atoms with Crippen LogP contribution in [0.25, 0.3) is 0 Å². The fraction of sp³-hybridized carbons (Fsp3) is 0.385. The van der Waals surface area contributed by atoms with Gasteiger partial charge in [-0.15, -0.1) is 5.92 Å². The molecule has 1 unspecified atom stereocenters. The first-order valence-corrected chi connectivity index (χ1v) is 5.05. The Morgan fingerprint density at radius 3 is 2.60 bits per heavy atom. The van der Waals surface area contributed by atoms with E-state index in [1.165, 1.54) is 0 Å². The molecule has 0 spiro atoms. The molecule has 0 aromatic heterocycles. The van der Waals surface area contributed by atoms with Crippen LogP contribution in [0.2, 0.25) is 0 Å². The summed E-state index contributed by atoms with van der Waals surface area (Å²) in [5.41, 5.74) is 0.0819. The Hall–Kier alpha value is -1.30. The van der Waals surface area contributed by atoms with Gasteiger partial charge in [-0.1, -0.05) is 36.3 Å². The van der Waals surface area contributed by atoms with Crippen LogP contribution < -0.4 is 5.32 Å². The van der Waals surface area contributed by atoms with E-state index < -0.39 is 5.60 Å². The second-order valence-corrected chi connectivity index (χ2v) is 3.67. The first kappa shape index (κ1) is 11.8. The fourth-order valence-corrected chi connectivity index (χ4v) is 1.36. The van der Waals surface area contributed by atoms with E-state index in [9.17, 15) is 5.11 Å². The van der Waals surface area contributed by atoms with Crippen LogP contribution in [-0.4, -0.2) is 18.2 Å². The van der Waals surface area contributed by atoms with Crippen molar-refractivity contribution in [3.8, 4) is 11.8 Å². The summed E-state index contributed by atoms with van der Waals surface area (Å²) < 4.78 is 0. The molecule has 0 bridgehead atoms. The predicted molar refractivity (Wildman–Crippen MR) is 62.3 cm³/mol. The van der Waals surface area contributed by atoms with Gasteiger partial charge in [0.05, 0.1) is 12.1 Å². The number of aliphatic hydroxyl groups is 1. The largest absolute Gasteiger partial charge is 0.384 e. The van der Waals surface area contributed by atoms with Crippen molar-refractivity contribution in [2.75, 3.05) is 13.1 Å². The summed E-state index contributed by atoms with van der Waals surface area (Å²) in [5, 5.41) is 13.3. The monoisotopic (exact) mass is 203 g/mol. The quantitative estimate of drug-likeness (QED) is 0.574. The smallest absolute Gasteiger partial charge is 0.0992 e. The third-order valence-corrected chi connectivity index (χ3v) is 2.26. The Labute approximate surface area is 91.3 Å². The maximum atomic E-state index is 10.2. The van der Waals surface area contributed by atoms with Crippen LogP contribution >= 0.6 is 0 Å². The van der Waals surface area contributed by atoms with Crippen LogP contribution in [0.3, 0.4) is 0 Å². The average molecular weight is 203 g/mol. The van der Waals surface area contributed by atoms with Crippen molar-refractivity contribution in [3.63, 3.8) is 0 Å². The van der Waals surface area contributed by atoms with Gasteiger partial charge in [0, 0.05) is 6.54 Å². The Balaban J connectivity index is 2.54. The third kappa shape index (κ3) is 3.75. The molecule has 0 aliphatic rings. The Kier molecular flexibility index (Phi) is 4.36. The van der Waals surface area contributed by atoms with Crippen LogP contribution in [-0.2, 0) is 5.60 Å². The zero-order valence-electron chi connectivity index (χ0n) is 9.25. The molecule has 0 saturated heterocycles. The highest BCUT2D eigenvalue weighted by atomic mass is 16.3. The molecule has 0 aliphatic heterocycles. The third-order valence-electron chi connectivity index (χ3n) is 2.26. The van der Waals surface area contributed by atoms with E-state index in [1.54, 1.807) is 13.8 Å². The van der Waals surface area contributed by atoms with Gasteiger partial charge >= 0.3 is 0 Å². The molecular formula is C13H17NO. The Morgan fingerprint density at radius 2 is 2.00 bits per heavy atom. The molecule has 0 radical (unpaired) electrons. The zero-order chi connectivity index (χ0) is 11.1. The summed E-state index contributed by atoms with van der Waals surface area (Å²) in [5.74, 6) is 5.70. The van der Waals surface area contributed by atoms with E-state index in [0.29, 0.717) is 13.1 Å². The average Bonchev–Trinajstić information content (AvgIpc) is 2.26. The van der Waals surface area contributed by atoms with Crippen molar-refractivity contribution in [2.24, 2.45) is 0 Å². The molecule has 2 heteroatoms. The lowest BCUT2D eigenvalue weighted by Crippen LogP contribution is -2.35. The maximum Gasteiger partial charge on any atom is 0.0992 e. The van der Waals surface area contributed by atoms with E-state index in [-0.39, 0.29) is 0 Å². The normalized spacial score (nSPS) is 13.8. The summed E-state index contributed by atoms with van der Waals surface area (Å²) in [6.07, 6.45) is 0. The number of hydrogen-bond acceptors (Lipinski definition) is 2. The van der Waals surface area contributed by atoms with Gasteiger partial charge in [-0.25, -0.2) is 0 Å². The minimum Gasteiger partial charge on any atom is -0.384 e. The van der Waals surface area contributed by atoms with Crippen molar-refractivity contribution < 1.29 is 5.11 Å². The summed E-state index contributed by atoms with van der Waals surface area (Å²) in [4.78, 5) is 0. The number of hydrogen-bond donors (Lipinski definition) is 2. The summed E-state index contributed by atoms with van der Waals surface area (Å²) in [6, 6.07) is 9.64. The minimum absolute atomic E-state index is 0.506. The van der Waals surface area contributed by atoms with Gasteiger partial charge in [0.2, 0.25) is 0 Å². The molecule has 80 valence electrons. The fourth-order valence-electron chi connectivity index (χ4n) is 1.36. The molecule has 0 fully saturated rings. The van der Waals surface area contributed by atoms with Gasteiger partial charge in [-0.3, -0.25) is 0 Å². The first-order valence-electron chi connectivity index (χ1n) is 5.05. The van der Waals surface area contributed by atoms with Gasteiger partial charge in [0.1, 0.15) is 0 Å². The molecule has 0 aliphatic carbocycles. The highest BCUT2D eigenvalue weighted by Crippen LogP contribution is 2.18. The highest BCUT2D eigenvalue weighted by molar-refractivity contribution is 5.21. The van der Waals surface area contributed by atoms with E-state index in [1.807, 2.05) is 30.3 Å². The lowest BCUT2D eigenvalue weighted by Gasteiger charge is -2.23. The van der Waals surface area contributed by atoms with E-state index in [4.69, 9.17) is 0 Å². The second kappa shape index (κ2) is 5.55. The molecule has 15 heavy (non-hydrogen) atoms. The van der Waals surface area contributed by atoms with Crippen molar-refractivity contribution in [1.29, 1.82) is 0 Å². The van der Waals surface area contributed by atoms with E-state index in [0.717, 1.165) is 5.56 Å². The molecule has 2 nitrogen and oxygen atoms in total. The molecule has 1 aromatic rings. The van der Waals surface area contributed by atoms with Crippen LogP contribution in [0, 0.1) is 11.8 Å². The first-order chi connectivity index (χ1) is 7.17. The van der Waals surface area contributed by atoms with Crippen molar-refractivity contribution >= 4 is 0 Å². The van der Waals surface area contributed by atoms with Crippen LogP contribution in [0.1, 0.15) is 19.4 Å². The molecule has 0 heterocycles. The van der Waals surface area contributed by atoms with Crippen LogP contribution in [0.15, 0.2) is 30.3 Å². The van der Waals surface area contributed by atoms with Gasteiger partial charge in [0.25, 0.3) is 0 Å². The molecule has 0 amide bonds. The van der Waals surface area contributed by atoms with E-state index >= 15 is 0 Å². The number of nitrogens with one attached hydrogen (secondary N) is 1. The lowest BCUT2D eigenvalue weighted by molar-refractivity contribution is 0.0582. The predicted octanol–water partition coefficient (Wildman–Crippen LogP) is 1.51. The number of rotatable bonds is 4. The highest BCUT2D eigenvalue weighted by Gasteiger charge is 2.21. The van der Waals surface area contributed by atoms with Crippen molar-refractivity contribution in [3.05, 3.63) is 35.9 Å². The van der Waals surface area contributed by atoms with Gasteiger partial charge < -0.3 is 10.4 Å².